The van der Waals surface area contributed by atoms with E-state index in [4.69, 9.17) is 23.2 Å². The molecule has 0 unspecified atom stereocenters. The number of nitrogens with zero attached hydrogens (tertiary/aromatic N) is 2. The predicted octanol–water partition coefficient (Wildman–Crippen LogP) is 4.24. The van der Waals surface area contributed by atoms with Crippen molar-refractivity contribution in [3.8, 4) is 0 Å². The van der Waals surface area contributed by atoms with Gasteiger partial charge in [0.25, 0.3) is 5.91 Å². The van der Waals surface area contributed by atoms with Crippen LogP contribution in [0.5, 0.6) is 0 Å². The van der Waals surface area contributed by atoms with Crippen LogP contribution >= 0.6 is 23.2 Å². The summed E-state index contributed by atoms with van der Waals surface area (Å²) in [4.78, 5) is 26.7. The Morgan fingerprint density at radius 3 is 1.98 bits per heavy atom. The summed E-state index contributed by atoms with van der Waals surface area (Å²) >= 11 is 12.2. The molecule has 0 bridgehead atoms. The average Bonchev–Trinajstić information content (AvgIpc) is 2.87. The fourth-order valence-electron chi connectivity index (χ4n) is 4.82. The van der Waals surface area contributed by atoms with Crippen LogP contribution in [0, 0.1) is 5.82 Å². The highest BCUT2D eigenvalue weighted by atomic mass is 35.5. The van der Waals surface area contributed by atoms with Gasteiger partial charge in [-0.2, -0.15) is 0 Å². The van der Waals surface area contributed by atoms with Gasteiger partial charge in [-0.05, 0) is 60.5 Å². The summed E-state index contributed by atoms with van der Waals surface area (Å²) in [5, 5.41) is 6.10. The smallest absolute Gasteiger partial charge is 0.252 e. The van der Waals surface area contributed by atoms with Crippen molar-refractivity contribution >= 4 is 50.7 Å². The van der Waals surface area contributed by atoms with Gasteiger partial charge in [-0.25, -0.2) is 12.8 Å². The minimum atomic E-state index is -3.86. The third-order valence-electron chi connectivity index (χ3n) is 6.70. The van der Waals surface area contributed by atoms with Crippen LogP contribution in [0.4, 0.5) is 10.1 Å². The summed E-state index contributed by atoms with van der Waals surface area (Å²) < 4.78 is 41.7. The zero-order valence-electron chi connectivity index (χ0n) is 22.1. The first-order chi connectivity index (χ1) is 18.9. The second-order valence-corrected chi connectivity index (χ2v) is 12.4. The molecule has 1 atom stereocenters. The molecule has 0 saturated carbocycles. The maximum atomic E-state index is 14.7. The number of halogens is 3. The molecule has 1 aliphatic rings. The predicted molar refractivity (Wildman–Crippen MR) is 155 cm³/mol. The van der Waals surface area contributed by atoms with Crippen LogP contribution in [0.1, 0.15) is 34.5 Å². The normalized spacial score (nSPS) is 14.9. The molecule has 0 spiro atoms. The van der Waals surface area contributed by atoms with E-state index in [1.165, 1.54) is 20.0 Å². The molecule has 212 valence electrons. The van der Waals surface area contributed by atoms with Gasteiger partial charge in [0.2, 0.25) is 15.9 Å². The monoisotopic (exact) mass is 606 g/mol. The molecule has 2 amide bonds. The Kier molecular flexibility index (Phi) is 9.04. The zero-order chi connectivity index (χ0) is 29.2. The SMILES string of the molecule is CNC(=O)[C@H](C)NC(=O)c1cc(F)cc(N(C2CN(C(c3ccc(Cl)cc3)c3ccc(Cl)cc3)C2)S(C)(=O)=O)c1. The summed E-state index contributed by atoms with van der Waals surface area (Å²) in [5.41, 5.74) is 1.85. The van der Waals surface area contributed by atoms with Gasteiger partial charge < -0.3 is 10.6 Å². The summed E-state index contributed by atoms with van der Waals surface area (Å²) in [6, 6.07) is 16.7. The molecular weight excluding hydrogens is 578 g/mol. The zero-order valence-corrected chi connectivity index (χ0v) is 24.4. The molecule has 0 aliphatic carbocycles. The van der Waals surface area contributed by atoms with Gasteiger partial charge in [-0.15, -0.1) is 0 Å². The van der Waals surface area contributed by atoms with Crippen molar-refractivity contribution in [1.82, 2.24) is 15.5 Å². The van der Waals surface area contributed by atoms with E-state index in [-0.39, 0.29) is 17.3 Å². The van der Waals surface area contributed by atoms with Crippen LogP contribution in [0.3, 0.4) is 0 Å². The summed E-state index contributed by atoms with van der Waals surface area (Å²) in [6.07, 6.45) is 1.05. The Labute approximate surface area is 243 Å². The molecule has 1 heterocycles. The third-order valence-corrected chi connectivity index (χ3v) is 8.43. The van der Waals surface area contributed by atoms with E-state index in [0.29, 0.717) is 23.1 Å². The first-order valence-corrected chi connectivity index (χ1v) is 15.0. The minimum absolute atomic E-state index is 0.0273. The van der Waals surface area contributed by atoms with E-state index >= 15 is 0 Å². The van der Waals surface area contributed by atoms with Crippen LogP contribution in [-0.4, -0.2) is 63.6 Å². The van der Waals surface area contributed by atoms with Gasteiger partial charge in [0.1, 0.15) is 11.9 Å². The second-order valence-electron chi connectivity index (χ2n) is 9.68. The largest absolute Gasteiger partial charge is 0.357 e. The number of benzene rings is 3. The van der Waals surface area contributed by atoms with Crippen LogP contribution < -0.4 is 14.9 Å². The molecule has 4 rings (SSSR count). The maximum absolute atomic E-state index is 14.7. The van der Waals surface area contributed by atoms with E-state index in [9.17, 15) is 22.4 Å². The minimum Gasteiger partial charge on any atom is -0.357 e. The van der Waals surface area contributed by atoms with Crippen molar-refractivity contribution in [2.24, 2.45) is 0 Å². The van der Waals surface area contributed by atoms with Gasteiger partial charge in [-0.3, -0.25) is 18.8 Å². The number of carbonyl (C=O) groups excluding carboxylic acids is 2. The maximum Gasteiger partial charge on any atom is 0.252 e. The van der Waals surface area contributed by atoms with Crippen LogP contribution in [0.2, 0.25) is 10.0 Å². The summed E-state index contributed by atoms with van der Waals surface area (Å²) in [6.45, 7) is 2.17. The number of sulfonamides is 1. The highest BCUT2D eigenvalue weighted by Crippen LogP contribution is 2.37. The molecular formula is C28H29Cl2FN4O4S. The lowest BCUT2D eigenvalue weighted by molar-refractivity contribution is -0.122. The fraction of sp³-hybridized carbons (Fsp3) is 0.286. The van der Waals surface area contributed by atoms with E-state index in [2.05, 4.69) is 15.5 Å². The Morgan fingerprint density at radius 1 is 0.975 bits per heavy atom. The molecule has 1 fully saturated rings. The quantitative estimate of drug-likeness (QED) is 0.380. The Hall–Kier alpha value is -3.18. The van der Waals surface area contributed by atoms with E-state index in [1.807, 2.05) is 24.3 Å². The number of carbonyl (C=O) groups is 2. The van der Waals surface area contributed by atoms with Crippen LogP contribution in [0.25, 0.3) is 0 Å². The lowest BCUT2D eigenvalue weighted by Crippen LogP contribution is -2.61. The Balaban J connectivity index is 1.62. The number of hydrogen-bond acceptors (Lipinski definition) is 5. The van der Waals surface area contributed by atoms with Crippen molar-refractivity contribution in [3.63, 3.8) is 0 Å². The molecule has 0 aromatic heterocycles. The van der Waals surface area contributed by atoms with Crippen molar-refractivity contribution in [1.29, 1.82) is 0 Å². The number of likely N-dealkylation sites (N-methyl/N-ethyl adjacent to an activating group) is 1. The highest BCUT2D eigenvalue weighted by Gasteiger charge is 2.41. The molecule has 3 aromatic carbocycles. The first kappa shape index (κ1) is 29.8. The van der Waals surface area contributed by atoms with E-state index in [1.54, 1.807) is 24.3 Å². The topological polar surface area (TPSA) is 98.8 Å². The Bertz CT molecular complexity index is 1450. The summed E-state index contributed by atoms with van der Waals surface area (Å²) in [7, 11) is -2.43. The molecule has 8 nitrogen and oxygen atoms in total. The molecule has 12 heteroatoms. The third kappa shape index (κ3) is 6.75. The van der Waals surface area contributed by atoms with Gasteiger partial charge in [0, 0.05) is 35.7 Å². The first-order valence-electron chi connectivity index (χ1n) is 12.4. The molecule has 0 radical (unpaired) electrons. The summed E-state index contributed by atoms with van der Waals surface area (Å²) in [5.74, 6) is -1.90. The van der Waals surface area contributed by atoms with Crippen molar-refractivity contribution in [3.05, 3.63) is 99.3 Å². The molecule has 40 heavy (non-hydrogen) atoms. The number of likely N-dealkylation sites (tertiary alicyclic amines) is 1. The Morgan fingerprint density at radius 2 is 1.50 bits per heavy atom. The van der Waals surface area contributed by atoms with Crippen molar-refractivity contribution < 1.29 is 22.4 Å². The highest BCUT2D eigenvalue weighted by molar-refractivity contribution is 7.92. The van der Waals surface area contributed by atoms with Gasteiger partial charge in [0.05, 0.1) is 24.0 Å². The number of anilines is 1. The molecule has 3 aromatic rings. The van der Waals surface area contributed by atoms with Crippen LogP contribution in [-0.2, 0) is 14.8 Å². The van der Waals surface area contributed by atoms with Crippen LogP contribution in [0.15, 0.2) is 66.7 Å². The van der Waals surface area contributed by atoms with Crippen molar-refractivity contribution in [2.45, 2.75) is 25.0 Å². The molecule has 1 aliphatic heterocycles. The molecule has 2 N–H and O–H groups in total. The molecule has 1 saturated heterocycles. The fourth-order valence-corrected chi connectivity index (χ4v) is 6.23. The van der Waals surface area contributed by atoms with Gasteiger partial charge in [0.15, 0.2) is 0 Å². The average molecular weight is 608 g/mol. The lowest BCUT2D eigenvalue weighted by atomic mass is 9.93. The number of hydrogen-bond donors (Lipinski definition) is 2. The van der Waals surface area contributed by atoms with E-state index in [0.717, 1.165) is 33.8 Å². The second kappa shape index (κ2) is 12.1. The van der Waals surface area contributed by atoms with Gasteiger partial charge >= 0.3 is 0 Å². The lowest BCUT2D eigenvalue weighted by Gasteiger charge is -2.48. The number of nitrogens with one attached hydrogen (secondary N) is 2. The van der Waals surface area contributed by atoms with Gasteiger partial charge in [-0.1, -0.05) is 47.5 Å². The standard InChI is InChI=1S/C28H29Cl2FN4O4S/c1-17(27(36)32-2)33-28(37)20-12-23(31)14-24(13-20)35(40(3,38)39)25-15-34(16-25)26(18-4-8-21(29)9-5-18)19-6-10-22(30)11-7-19/h4-14,17,25-26H,15-16H2,1-3H3,(H,32,36)(H,33,37)/t17-/m0/s1. The van der Waals surface area contributed by atoms with Crippen molar-refractivity contribution in [2.75, 3.05) is 30.7 Å². The number of rotatable bonds is 9. The number of amides is 2. The van der Waals surface area contributed by atoms with E-state index < -0.39 is 39.7 Å².